The summed E-state index contributed by atoms with van der Waals surface area (Å²) in [6, 6.07) is 8.49. The smallest absolute Gasteiger partial charge is 0.343 e. The fourth-order valence-corrected chi connectivity index (χ4v) is 3.08. The van der Waals surface area contributed by atoms with Gasteiger partial charge in [-0.05, 0) is 55.3 Å². The van der Waals surface area contributed by atoms with Gasteiger partial charge in [-0.1, -0.05) is 31.9 Å². The van der Waals surface area contributed by atoms with Crippen LogP contribution >= 0.6 is 31.9 Å². The summed E-state index contributed by atoms with van der Waals surface area (Å²) >= 11 is 6.68. The number of carbonyl (C=O) groups excluding carboxylic acids is 1. The number of benzene rings is 2. The number of carbonyl (C=O) groups is 1. The van der Waals surface area contributed by atoms with Crippen molar-refractivity contribution in [2.24, 2.45) is 0 Å². The number of phenols is 1. The normalized spacial score (nSPS) is 10.4. The monoisotopic (exact) mass is 398 g/mol. The Kier molecular flexibility index (Phi) is 4.50. The summed E-state index contributed by atoms with van der Waals surface area (Å²) in [6.07, 6.45) is 0. The molecule has 2 aromatic rings. The summed E-state index contributed by atoms with van der Waals surface area (Å²) in [5.74, 6) is 0.188. The van der Waals surface area contributed by atoms with Gasteiger partial charge in [0.1, 0.15) is 11.5 Å². The number of aryl methyl sites for hydroxylation is 2. The standard InChI is InChI=1S/C15H12Br2O3/c1-8-3-10(4-9(2)14(8)18)15(19)20-13-6-11(16)5-12(17)7-13/h3-7,18H,1-2H3. The van der Waals surface area contributed by atoms with E-state index in [1.807, 2.05) is 6.07 Å². The summed E-state index contributed by atoms with van der Waals surface area (Å²) in [7, 11) is 0. The van der Waals surface area contributed by atoms with Crippen molar-refractivity contribution in [3.05, 3.63) is 56.0 Å². The van der Waals surface area contributed by atoms with Crippen molar-refractivity contribution in [3.63, 3.8) is 0 Å². The Morgan fingerprint density at radius 3 is 2.00 bits per heavy atom. The Hall–Kier alpha value is -1.33. The lowest BCUT2D eigenvalue weighted by Crippen LogP contribution is -2.09. The maximum atomic E-state index is 12.1. The topological polar surface area (TPSA) is 46.5 Å². The van der Waals surface area contributed by atoms with Crippen molar-refractivity contribution < 1.29 is 14.6 Å². The molecule has 20 heavy (non-hydrogen) atoms. The van der Waals surface area contributed by atoms with Crippen LogP contribution in [0.4, 0.5) is 0 Å². The van der Waals surface area contributed by atoms with Gasteiger partial charge in [0.05, 0.1) is 5.56 Å². The third-order valence-electron chi connectivity index (χ3n) is 2.77. The number of phenolic OH excluding ortho intramolecular Hbond substituents is 1. The van der Waals surface area contributed by atoms with Crippen molar-refractivity contribution in [1.29, 1.82) is 0 Å². The molecule has 2 aromatic carbocycles. The lowest BCUT2D eigenvalue weighted by molar-refractivity contribution is 0.0734. The molecule has 5 heteroatoms. The average molecular weight is 400 g/mol. The van der Waals surface area contributed by atoms with Gasteiger partial charge in [0.15, 0.2) is 0 Å². The minimum atomic E-state index is -0.457. The zero-order valence-electron chi connectivity index (χ0n) is 10.9. The van der Waals surface area contributed by atoms with Crippen LogP contribution in [0, 0.1) is 13.8 Å². The van der Waals surface area contributed by atoms with E-state index < -0.39 is 5.97 Å². The fraction of sp³-hybridized carbons (Fsp3) is 0.133. The second-order valence-corrected chi connectivity index (χ2v) is 6.28. The van der Waals surface area contributed by atoms with Gasteiger partial charge in [0.2, 0.25) is 0 Å². The van der Waals surface area contributed by atoms with E-state index >= 15 is 0 Å². The van der Waals surface area contributed by atoms with Gasteiger partial charge >= 0.3 is 5.97 Å². The molecule has 0 saturated carbocycles. The highest BCUT2D eigenvalue weighted by Gasteiger charge is 2.13. The highest BCUT2D eigenvalue weighted by atomic mass is 79.9. The molecule has 2 rings (SSSR count). The van der Waals surface area contributed by atoms with E-state index in [4.69, 9.17) is 4.74 Å². The SMILES string of the molecule is Cc1cc(C(=O)Oc2cc(Br)cc(Br)c2)cc(C)c1O. The predicted molar refractivity (Wildman–Crippen MR) is 84.4 cm³/mol. The fourth-order valence-electron chi connectivity index (χ4n) is 1.83. The first kappa shape index (κ1) is 15.1. The van der Waals surface area contributed by atoms with Crippen molar-refractivity contribution in [2.45, 2.75) is 13.8 Å². The first-order chi connectivity index (χ1) is 9.36. The lowest BCUT2D eigenvalue weighted by atomic mass is 10.1. The van der Waals surface area contributed by atoms with Crippen molar-refractivity contribution >= 4 is 37.8 Å². The summed E-state index contributed by atoms with van der Waals surface area (Å²) in [6.45, 7) is 3.49. The molecular formula is C15H12Br2O3. The van der Waals surface area contributed by atoms with Gasteiger partial charge in [-0.25, -0.2) is 4.79 Å². The number of hydrogen-bond donors (Lipinski definition) is 1. The van der Waals surface area contributed by atoms with E-state index in [1.165, 1.54) is 0 Å². The van der Waals surface area contributed by atoms with E-state index in [-0.39, 0.29) is 5.75 Å². The minimum Gasteiger partial charge on any atom is -0.507 e. The van der Waals surface area contributed by atoms with Crippen molar-refractivity contribution in [2.75, 3.05) is 0 Å². The first-order valence-electron chi connectivity index (χ1n) is 5.85. The van der Waals surface area contributed by atoms with Crippen molar-refractivity contribution in [1.82, 2.24) is 0 Å². The molecule has 0 atom stereocenters. The number of aromatic hydroxyl groups is 1. The van der Waals surface area contributed by atoms with E-state index in [9.17, 15) is 9.90 Å². The molecule has 0 aliphatic carbocycles. The highest BCUT2D eigenvalue weighted by molar-refractivity contribution is 9.11. The number of halogens is 2. The van der Waals surface area contributed by atoms with Crippen LogP contribution in [0.1, 0.15) is 21.5 Å². The molecule has 0 saturated heterocycles. The molecule has 0 aliphatic rings. The maximum Gasteiger partial charge on any atom is 0.343 e. The Morgan fingerprint density at radius 1 is 1.00 bits per heavy atom. The van der Waals surface area contributed by atoms with Crippen LogP contribution in [-0.4, -0.2) is 11.1 Å². The van der Waals surface area contributed by atoms with Crippen LogP contribution in [0.5, 0.6) is 11.5 Å². The second kappa shape index (κ2) is 5.97. The molecular weight excluding hydrogens is 388 g/mol. The molecule has 104 valence electrons. The Bertz CT molecular complexity index is 638. The zero-order chi connectivity index (χ0) is 14.9. The summed E-state index contributed by atoms with van der Waals surface area (Å²) < 4.78 is 6.96. The molecule has 0 unspecified atom stereocenters. The zero-order valence-corrected chi connectivity index (χ0v) is 14.1. The Labute approximate surface area is 133 Å². The average Bonchev–Trinajstić information content (AvgIpc) is 2.33. The largest absolute Gasteiger partial charge is 0.507 e. The molecule has 0 radical (unpaired) electrons. The molecule has 0 amide bonds. The Balaban J connectivity index is 2.28. The first-order valence-corrected chi connectivity index (χ1v) is 7.44. The summed E-state index contributed by atoms with van der Waals surface area (Å²) in [4.78, 5) is 12.1. The lowest BCUT2D eigenvalue weighted by Gasteiger charge is -2.09. The highest BCUT2D eigenvalue weighted by Crippen LogP contribution is 2.27. The second-order valence-electron chi connectivity index (χ2n) is 4.45. The van der Waals surface area contributed by atoms with Crippen LogP contribution < -0.4 is 4.74 Å². The molecule has 0 fully saturated rings. The molecule has 0 spiro atoms. The van der Waals surface area contributed by atoms with Gasteiger partial charge in [-0.2, -0.15) is 0 Å². The molecule has 0 bridgehead atoms. The van der Waals surface area contributed by atoms with Crippen molar-refractivity contribution in [3.8, 4) is 11.5 Å². The maximum absolute atomic E-state index is 12.1. The van der Waals surface area contributed by atoms with Gasteiger partial charge in [0.25, 0.3) is 0 Å². The summed E-state index contributed by atoms with van der Waals surface area (Å²) in [5, 5.41) is 9.71. The van der Waals surface area contributed by atoms with Gasteiger partial charge < -0.3 is 9.84 Å². The van der Waals surface area contributed by atoms with Gasteiger partial charge in [0, 0.05) is 8.95 Å². The summed E-state index contributed by atoms with van der Waals surface area (Å²) in [5.41, 5.74) is 1.70. The van der Waals surface area contributed by atoms with E-state index in [0.717, 1.165) is 8.95 Å². The number of rotatable bonds is 2. The quantitative estimate of drug-likeness (QED) is 0.585. The minimum absolute atomic E-state index is 0.201. The number of esters is 1. The predicted octanol–water partition coefficient (Wildman–Crippen LogP) is 4.75. The number of ether oxygens (including phenoxy) is 1. The molecule has 1 N–H and O–H groups in total. The Morgan fingerprint density at radius 2 is 1.50 bits per heavy atom. The number of hydrogen-bond acceptors (Lipinski definition) is 3. The molecule has 0 heterocycles. The van der Waals surface area contributed by atoms with E-state index in [0.29, 0.717) is 22.4 Å². The van der Waals surface area contributed by atoms with Crippen LogP contribution in [-0.2, 0) is 0 Å². The molecule has 0 aromatic heterocycles. The third-order valence-corrected chi connectivity index (χ3v) is 3.69. The van der Waals surface area contributed by atoms with Gasteiger partial charge in [-0.3, -0.25) is 0 Å². The van der Waals surface area contributed by atoms with E-state index in [2.05, 4.69) is 31.9 Å². The van der Waals surface area contributed by atoms with Crippen LogP contribution in [0.15, 0.2) is 39.3 Å². The van der Waals surface area contributed by atoms with Crippen LogP contribution in [0.2, 0.25) is 0 Å². The molecule has 3 nitrogen and oxygen atoms in total. The van der Waals surface area contributed by atoms with Crippen LogP contribution in [0.3, 0.4) is 0 Å². The van der Waals surface area contributed by atoms with Crippen LogP contribution in [0.25, 0.3) is 0 Å². The molecule has 0 aliphatic heterocycles. The van der Waals surface area contributed by atoms with E-state index in [1.54, 1.807) is 38.1 Å². The van der Waals surface area contributed by atoms with Gasteiger partial charge in [-0.15, -0.1) is 0 Å². The third kappa shape index (κ3) is 3.41.